The van der Waals surface area contributed by atoms with Crippen molar-refractivity contribution < 1.29 is 13.2 Å². The van der Waals surface area contributed by atoms with Gasteiger partial charge in [0.25, 0.3) is 0 Å². The quantitative estimate of drug-likeness (QED) is 0.584. The molecule has 30 heavy (non-hydrogen) atoms. The third-order valence-corrected chi connectivity index (χ3v) is 8.04. The Balaban J connectivity index is 1.53. The molecule has 2 aromatic carbocycles. The molecule has 1 fully saturated rings. The zero-order valence-corrected chi connectivity index (χ0v) is 19.7. The van der Waals surface area contributed by atoms with Crippen LogP contribution in [0.25, 0.3) is 0 Å². The number of hydrogen-bond donors (Lipinski definition) is 1. The lowest BCUT2D eigenvalue weighted by molar-refractivity contribution is -0.126. The van der Waals surface area contributed by atoms with E-state index in [-0.39, 0.29) is 30.7 Å². The van der Waals surface area contributed by atoms with E-state index in [9.17, 15) is 13.2 Å². The minimum Gasteiger partial charge on any atom is -0.352 e. The zero-order valence-electron chi connectivity index (χ0n) is 15.9. The topological polar surface area (TPSA) is 66.5 Å². The SMILES string of the molecule is O=C(NCc1ccc(Cl)cc1Cl)C1CCN(S(=O)(=O)Cc2ccc(Cl)cc2Cl)CC1. The summed E-state index contributed by atoms with van der Waals surface area (Å²) in [4.78, 5) is 12.5. The monoisotopic (exact) mass is 508 g/mol. The lowest BCUT2D eigenvalue weighted by Crippen LogP contribution is -2.43. The highest BCUT2D eigenvalue weighted by Gasteiger charge is 2.31. The van der Waals surface area contributed by atoms with Crippen LogP contribution >= 0.6 is 46.4 Å². The van der Waals surface area contributed by atoms with E-state index in [0.29, 0.717) is 45.0 Å². The van der Waals surface area contributed by atoms with E-state index in [1.807, 2.05) is 0 Å². The van der Waals surface area contributed by atoms with E-state index in [1.165, 1.54) is 10.4 Å². The van der Waals surface area contributed by atoms with Gasteiger partial charge in [0.05, 0.1) is 5.75 Å². The molecule has 1 N–H and O–H groups in total. The molecule has 0 unspecified atom stereocenters. The summed E-state index contributed by atoms with van der Waals surface area (Å²) in [5, 5.41) is 4.66. The fraction of sp³-hybridized carbons (Fsp3) is 0.350. The average Bonchev–Trinajstić information content (AvgIpc) is 2.69. The van der Waals surface area contributed by atoms with Gasteiger partial charge in [-0.2, -0.15) is 0 Å². The lowest BCUT2D eigenvalue weighted by Gasteiger charge is -2.30. The van der Waals surface area contributed by atoms with Crippen LogP contribution in [0.1, 0.15) is 24.0 Å². The van der Waals surface area contributed by atoms with Gasteiger partial charge in [-0.3, -0.25) is 4.79 Å². The van der Waals surface area contributed by atoms with Crippen LogP contribution in [0.4, 0.5) is 0 Å². The number of sulfonamides is 1. The van der Waals surface area contributed by atoms with Gasteiger partial charge in [-0.15, -0.1) is 0 Å². The molecule has 0 spiro atoms. The summed E-state index contributed by atoms with van der Waals surface area (Å²) in [5.74, 6) is -0.560. The Morgan fingerprint density at radius 3 is 2.00 bits per heavy atom. The van der Waals surface area contributed by atoms with Crippen LogP contribution in [-0.4, -0.2) is 31.7 Å². The smallest absolute Gasteiger partial charge is 0.223 e. The largest absolute Gasteiger partial charge is 0.352 e. The van der Waals surface area contributed by atoms with Gasteiger partial charge in [-0.1, -0.05) is 58.5 Å². The van der Waals surface area contributed by atoms with Crippen molar-refractivity contribution in [1.82, 2.24) is 9.62 Å². The molecular weight excluding hydrogens is 490 g/mol. The van der Waals surface area contributed by atoms with Crippen molar-refractivity contribution in [2.75, 3.05) is 13.1 Å². The average molecular weight is 510 g/mol. The summed E-state index contributed by atoms with van der Waals surface area (Å²) in [6, 6.07) is 9.86. The van der Waals surface area contributed by atoms with Crippen molar-refractivity contribution in [3.63, 3.8) is 0 Å². The predicted octanol–water partition coefficient (Wildman–Crippen LogP) is 5.16. The number of halogens is 4. The molecule has 10 heteroatoms. The molecule has 0 bridgehead atoms. The first kappa shape index (κ1) is 23.6. The van der Waals surface area contributed by atoms with Crippen LogP contribution in [0.3, 0.4) is 0 Å². The minimum atomic E-state index is -3.54. The van der Waals surface area contributed by atoms with Crippen LogP contribution < -0.4 is 5.32 Å². The van der Waals surface area contributed by atoms with E-state index in [4.69, 9.17) is 46.4 Å². The van der Waals surface area contributed by atoms with E-state index in [2.05, 4.69) is 5.32 Å². The fourth-order valence-electron chi connectivity index (χ4n) is 3.31. The number of carbonyl (C=O) groups excluding carboxylic acids is 1. The molecular formula is C20H20Cl4N2O3S. The summed E-state index contributed by atoms with van der Waals surface area (Å²) >= 11 is 24.0. The molecule has 2 aromatic rings. The first-order valence-electron chi connectivity index (χ1n) is 9.29. The number of piperidine rings is 1. The Labute approximate surface area is 196 Å². The third kappa shape index (κ3) is 6.02. The standard InChI is InChI=1S/C20H20Cl4N2O3S/c21-16-3-1-14(18(23)9-16)11-25-20(27)13-5-7-26(8-6-13)30(28,29)12-15-2-4-17(22)10-19(15)24/h1-4,9-10,13H,5-8,11-12H2,(H,25,27). The number of nitrogens with zero attached hydrogens (tertiary/aromatic N) is 1. The molecule has 0 aliphatic carbocycles. The van der Waals surface area contributed by atoms with Crippen LogP contribution in [0, 0.1) is 5.92 Å². The molecule has 1 amide bonds. The van der Waals surface area contributed by atoms with Crippen molar-refractivity contribution in [3.05, 3.63) is 67.6 Å². The second-order valence-corrected chi connectivity index (χ2v) is 10.8. The van der Waals surface area contributed by atoms with Gasteiger partial charge in [0.15, 0.2) is 0 Å². The van der Waals surface area contributed by atoms with Crippen LogP contribution in [0.15, 0.2) is 36.4 Å². The van der Waals surface area contributed by atoms with Gasteiger partial charge in [0.1, 0.15) is 0 Å². The van der Waals surface area contributed by atoms with Gasteiger partial charge in [0, 0.05) is 45.6 Å². The highest BCUT2D eigenvalue weighted by Crippen LogP contribution is 2.27. The Morgan fingerprint density at radius 1 is 0.933 bits per heavy atom. The second-order valence-electron chi connectivity index (χ2n) is 7.12. The highest BCUT2D eigenvalue weighted by atomic mass is 35.5. The molecule has 1 aliphatic rings. The van der Waals surface area contributed by atoms with E-state index in [1.54, 1.807) is 30.3 Å². The van der Waals surface area contributed by atoms with Gasteiger partial charge in [-0.25, -0.2) is 12.7 Å². The zero-order chi connectivity index (χ0) is 21.9. The van der Waals surface area contributed by atoms with Crippen LogP contribution in [0.5, 0.6) is 0 Å². The first-order valence-corrected chi connectivity index (χ1v) is 12.4. The van der Waals surface area contributed by atoms with E-state index < -0.39 is 10.0 Å². The molecule has 3 rings (SSSR count). The van der Waals surface area contributed by atoms with Gasteiger partial charge in [0.2, 0.25) is 15.9 Å². The van der Waals surface area contributed by atoms with Crippen molar-refractivity contribution >= 4 is 62.3 Å². The number of amides is 1. The summed E-state index contributed by atoms with van der Waals surface area (Å²) in [7, 11) is -3.54. The molecule has 1 aliphatic heterocycles. The Kier molecular flexibility index (Phi) is 7.93. The van der Waals surface area contributed by atoms with E-state index in [0.717, 1.165) is 5.56 Å². The number of carbonyl (C=O) groups is 1. The van der Waals surface area contributed by atoms with Crippen molar-refractivity contribution in [1.29, 1.82) is 0 Å². The molecule has 0 saturated carbocycles. The summed E-state index contributed by atoms with van der Waals surface area (Å²) in [6.45, 7) is 0.864. The summed E-state index contributed by atoms with van der Waals surface area (Å²) in [5.41, 5.74) is 1.27. The van der Waals surface area contributed by atoms with Crippen LogP contribution in [-0.2, 0) is 27.1 Å². The molecule has 0 atom stereocenters. The first-order chi connectivity index (χ1) is 14.2. The summed E-state index contributed by atoms with van der Waals surface area (Å²) in [6.07, 6.45) is 0.904. The molecule has 5 nitrogen and oxygen atoms in total. The van der Waals surface area contributed by atoms with Gasteiger partial charge in [-0.05, 0) is 48.2 Å². The molecule has 1 saturated heterocycles. The Morgan fingerprint density at radius 2 is 1.47 bits per heavy atom. The number of nitrogens with one attached hydrogen (secondary N) is 1. The van der Waals surface area contributed by atoms with Crippen molar-refractivity contribution in [2.45, 2.75) is 25.1 Å². The van der Waals surface area contributed by atoms with Crippen LogP contribution in [0.2, 0.25) is 20.1 Å². The summed E-state index contributed by atoms with van der Waals surface area (Å²) < 4.78 is 26.9. The molecule has 0 radical (unpaired) electrons. The number of hydrogen-bond acceptors (Lipinski definition) is 3. The third-order valence-electron chi connectivity index (χ3n) is 5.04. The second kappa shape index (κ2) is 10.1. The van der Waals surface area contributed by atoms with Crippen molar-refractivity contribution in [2.24, 2.45) is 5.92 Å². The van der Waals surface area contributed by atoms with E-state index >= 15 is 0 Å². The highest BCUT2D eigenvalue weighted by molar-refractivity contribution is 7.88. The Hall–Kier alpha value is -1.02. The molecule has 0 aromatic heterocycles. The molecule has 162 valence electrons. The normalized spacial score (nSPS) is 15.9. The Bertz CT molecular complexity index is 1040. The lowest BCUT2D eigenvalue weighted by atomic mass is 9.97. The van der Waals surface area contributed by atoms with Crippen molar-refractivity contribution in [3.8, 4) is 0 Å². The fourth-order valence-corrected chi connectivity index (χ4v) is 5.94. The maximum atomic E-state index is 12.8. The predicted molar refractivity (Wildman–Crippen MR) is 122 cm³/mol. The number of rotatable bonds is 6. The minimum absolute atomic E-state index is 0.112. The maximum absolute atomic E-state index is 12.8. The van der Waals surface area contributed by atoms with Gasteiger partial charge >= 0.3 is 0 Å². The number of benzene rings is 2. The maximum Gasteiger partial charge on any atom is 0.223 e. The van der Waals surface area contributed by atoms with Gasteiger partial charge < -0.3 is 5.32 Å². The molecule has 1 heterocycles.